The summed E-state index contributed by atoms with van der Waals surface area (Å²) in [5.41, 5.74) is 5.71. The van der Waals surface area contributed by atoms with E-state index in [0.717, 1.165) is 21.8 Å². The van der Waals surface area contributed by atoms with Gasteiger partial charge < -0.3 is 9.88 Å². The van der Waals surface area contributed by atoms with Crippen molar-refractivity contribution in [3.63, 3.8) is 0 Å². The van der Waals surface area contributed by atoms with Gasteiger partial charge in [-0.1, -0.05) is 24.3 Å². The van der Waals surface area contributed by atoms with E-state index >= 15 is 0 Å². The Balaban J connectivity index is 1.59. The lowest BCUT2D eigenvalue weighted by molar-refractivity contribution is 0.626. The van der Waals surface area contributed by atoms with Gasteiger partial charge in [0.1, 0.15) is 5.82 Å². The lowest BCUT2D eigenvalue weighted by atomic mass is 10.2. The number of rotatable bonds is 6. The highest BCUT2D eigenvalue weighted by Gasteiger charge is 2.03. The summed E-state index contributed by atoms with van der Waals surface area (Å²) < 4.78 is 15.1. The van der Waals surface area contributed by atoms with Crippen LogP contribution in [0.1, 0.15) is 11.3 Å². The summed E-state index contributed by atoms with van der Waals surface area (Å²) in [6, 6.07) is 18.3. The number of benzene rings is 2. The van der Waals surface area contributed by atoms with Crippen molar-refractivity contribution in [3.05, 3.63) is 83.9 Å². The number of hydrogen-bond donors (Lipinski definition) is 2. The SMILES string of the molecule is CSc1ccccc1NC(=S)N/N=C\c1cccn1Cc1ccc(F)cc1. The number of nitrogens with zero attached hydrogens (tertiary/aromatic N) is 2. The maximum atomic E-state index is 13.0. The van der Waals surface area contributed by atoms with Gasteiger partial charge in [0.2, 0.25) is 0 Å². The zero-order valence-corrected chi connectivity index (χ0v) is 16.4. The molecule has 4 nitrogen and oxygen atoms in total. The molecule has 2 N–H and O–H groups in total. The molecule has 0 atom stereocenters. The predicted octanol–water partition coefficient (Wildman–Crippen LogP) is 4.72. The lowest BCUT2D eigenvalue weighted by Gasteiger charge is -2.10. The number of thioether (sulfide) groups is 1. The summed E-state index contributed by atoms with van der Waals surface area (Å²) in [5.74, 6) is -0.235. The molecule has 0 unspecified atom stereocenters. The van der Waals surface area contributed by atoms with Crippen molar-refractivity contribution in [2.75, 3.05) is 11.6 Å². The average Bonchev–Trinajstić information content (AvgIpc) is 3.11. The molecule has 0 saturated heterocycles. The first-order valence-corrected chi connectivity index (χ1v) is 9.91. The first-order chi connectivity index (χ1) is 13.2. The number of halogens is 1. The molecule has 27 heavy (non-hydrogen) atoms. The Labute approximate surface area is 167 Å². The fourth-order valence-corrected chi connectivity index (χ4v) is 3.25. The molecular formula is C20H19FN4S2. The molecule has 1 aromatic heterocycles. The number of nitrogens with one attached hydrogen (secondary N) is 2. The van der Waals surface area contributed by atoms with Crippen LogP contribution in [0.25, 0.3) is 0 Å². The summed E-state index contributed by atoms with van der Waals surface area (Å²) >= 11 is 6.95. The molecular weight excluding hydrogens is 379 g/mol. The first kappa shape index (κ1) is 19.1. The topological polar surface area (TPSA) is 41.4 Å². The number of thiocarbonyl (C=S) groups is 1. The molecule has 3 rings (SSSR count). The van der Waals surface area contributed by atoms with Gasteiger partial charge in [0.15, 0.2) is 5.11 Å². The van der Waals surface area contributed by atoms with Gasteiger partial charge in [0.25, 0.3) is 0 Å². The van der Waals surface area contributed by atoms with Gasteiger partial charge >= 0.3 is 0 Å². The van der Waals surface area contributed by atoms with Crippen LogP contribution in [-0.2, 0) is 6.54 Å². The van der Waals surface area contributed by atoms with E-state index in [4.69, 9.17) is 12.2 Å². The number of hydrogen-bond acceptors (Lipinski definition) is 3. The first-order valence-electron chi connectivity index (χ1n) is 8.28. The quantitative estimate of drug-likeness (QED) is 0.273. The van der Waals surface area contributed by atoms with E-state index < -0.39 is 0 Å². The minimum Gasteiger partial charge on any atom is -0.342 e. The minimum atomic E-state index is -0.235. The molecule has 3 aromatic rings. The normalized spacial score (nSPS) is 10.9. The van der Waals surface area contributed by atoms with Crippen molar-refractivity contribution >= 4 is 41.0 Å². The van der Waals surface area contributed by atoms with E-state index in [1.165, 1.54) is 12.1 Å². The van der Waals surface area contributed by atoms with Gasteiger partial charge in [0.05, 0.1) is 17.6 Å². The van der Waals surface area contributed by atoms with Crippen LogP contribution in [0, 0.1) is 5.82 Å². The van der Waals surface area contributed by atoms with E-state index in [1.54, 1.807) is 30.1 Å². The van der Waals surface area contributed by atoms with Crippen LogP contribution in [0.5, 0.6) is 0 Å². The van der Waals surface area contributed by atoms with Crippen molar-refractivity contribution in [3.8, 4) is 0 Å². The lowest BCUT2D eigenvalue weighted by Crippen LogP contribution is -2.24. The second kappa shape index (κ2) is 9.34. The van der Waals surface area contributed by atoms with Gasteiger partial charge in [-0.3, -0.25) is 5.43 Å². The summed E-state index contributed by atoms with van der Waals surface area (Å²) in [4.78, 5) is 1.11. The molecule has 7 heteroatoms. The number of para-hydroxylation sites is 1. The fraction of sp³-hybridized carbons (Fsp3) is 0.100. The summed E-state index contributed by atoms with van der Waals surface area (Å²) in [6.45, 7) is 0.637. The summed E-state index contributed by atoms with van der Waals surface area (Å²) in [5, 5.41) is 7.78. The third kappa shape index (κ3) is 5.42. The van der Waals surface area contributed by atoms with Gasteiger partial charge in [-0.05, 0) is 60.4 Å². The van der Waals surface area contributed by atoms with E-state index in [-0.39, 0.29) is 5.82 Å². The van der Waals surface area contributed by atoms with Gasteiger partial charge in [0, 0.05) is 17.6 Å². The molecule has 0 spiro atoms. The van der Waals surface area contributed by atoms with Crippen LogP contribution in [-0.4, -0.2) is 22.1 Å². The highest BCUT2D eigenvalue weighted by molar-refractivity contribution is 7.98. The van der Waals surface area contributed by atoms with E-state index in [1.807, 2.05) is 53.4 Å². The van der Waals surface area contributed by atoms with E-state index in [2.05, 4.69) is 15.8 Å². The Kier molecular flexibility index (Phi) is 6.62. The van der Waals surface area contributed by atoms with Crippen LogP contribution >= 0.6 is 24.0 Å². The maximum absolute atomic E-state index is 13.0. The molecule has 138 valence electrons. The molecule has 0 fully saturated rings. The maximum Gasteiger partial charge on any atom is 0.191 e. The van der Waals surface area contributed by atoms with Crippen molar-refractivity contribution < 1.29 is 4.39 Å². The second-order valence-corrected chi connectivity index (χ2v) is 6.97. The Morgan fingerprint density at radius 3 is 2.70 bits per heavy atom. The zero-order chi connectivity index (χ0) is 19.1. The minimum absolute atomic E-state index is 0.235. The van der Waals surface area contributed by atoms with E-state index in [9.17, 15) is 4.39 Å². The standard InChI is InChI=1S/C20H19FN4S2/c1-27-19-7-3-2-6-18(19)23-20(26)24-22-13-17-5-4-12-25(17)14-15-8-10-16(21)11-9-15/h2-13H,14H2,1H3,(H2,23,24,26)/b22-13-. The van der Waals surface area contributed by atoms with Crippen LogP contribution in [0.4, 0.5) is 10.1 Å². The highest BCUT2D eigenvalue weighted by atomic mass is 32.2. The largest absolute Gasteiger partial charge is 0.342 e. The van der Waals surface area contributed by atoms with Crippen molar-refractivity contribution in [1.29, 1.82) is 0 Å². The number of anilines is 1. The predicted molar refractivity (Wildman–Crippen MR) is 115 cm³/mol. The van der Waals surface area contributed by atoms with Crippen LogP contribution in [0.15, 0.2) is 76.9 Å². The molecule has 0 amide bonds. The summed E-state index contributed by atoms with van der Waals surface area (Å²) in [7, 11) is 0. The van der Waals surface area contributed by atoms with Crippen LogP contribution in [0.3, 0.4) is 0 Å². The van der Waals surface area contributed by atoms with Gasteiger partial charge in [-0.25, -0.2) is 4.39 Å². The smallest absolute Gasteiger partial charge is 0.191 e. The molecule has 0 radical (unpaired) electrons. The van der Waals surface area contributed by atoms with E-state index in [0.29, 0.717) is 11.7 Å². The summed E-state index contributed by atoms with van der Waals surface area (Å²) in [6.07, 6.45) is 5.68. The zero-order valence-electron chi connectivity index (χ0n) is 14.7. The third-order valence-corrected chi connectivity index (χ3v) is 4.84. The van der Waals surface area contributed by atoms with Crippen molar-refractivity contribution in [1.82, 2.24) is 9.99 Å². The van der Waals surface area contributed by atoms with Crippen LogP contribution in [0.2, 0.25) is 0 Å². The fourth-order valence-electron chi connectivity index (χ4n) is 2.53. The molecule has 0 bridgehead atoms. The van der Waals surface area contributed by atoms with Gasteiger partial charge in [-0.15, -0.1) is 11.8 Å². The third-order valence-electron chi connectivity index (χ3n) is 3.85. The molecule has 2 aromatic carbocycles. The monoisotopic (exact) mass is 398 g/mol. The molecule has 0 aliphatic carbocycles. The molecule has 1 heterocycles. The Morgan fingerprint density at radius 1 is 1.15 bits per heavy atom. The van der Waals surface area contributed by atoms with Gasteiger partial charge in [-0.2, -0.15) is 5.10 Å². The Morgan fingerprint density at radius 2 is 1.93 bits per heavy atom. The Hall–Kier alpha value is -2.64. The number of aromatic nitrogens is 1. The number of hydrazone groups is 1. The molecule has 0 aliphatic rings. The average molecular weight is 399 g/mol. The molecule has 0 saturated carbocycles. The van der Waals surface area contributed by atoms with Crippen molar-refractivity contribution in [2.24, 2.45) is 5.10 Å². The van der Waals surface area contributed by atoms with Crippen molar-refractivity contribution in [2.45, 2.75) is 11.4 Å². The molecule has 0 aliphatic heterocycles. The Bertz CT molecular complexity index is 935. The highest BCUT2D eigenvalue weighted by Crippen LogP contribution is 2.24. The second-order valence-electron chi connectivity index (χ2n) is 5.71. The van der Waals surface area contributed by atoms with Crippen LogP contribution < -0.4 is 10.7 Å².